The van der Waals surface area contributed by atoms with Crippen LogP contribution in [0, 0.1) is 22.7 Å². The lowest BCUT2D eigenvalue weighted by Gasteiger charge is -2.45. The van der Waals surface area contributed by atoms with E-state index in [1.807, 2.05) is 0 Å². The van der Waals surface area contributed by atoms with Crippen molar-refractivity contribution in [3.63, 3.8) is 0 Å². The molecular formula is C14H23NO2. The minimum Gasteiger partial charge on any atom is -0.296 e. The zero-order chi connectivity index (χ0) is 12.8. The van der Waals surface area contributed by atoms with Crippen LogP contribution in [0.3, 0.4) is 0 Å². The summed E-state index contributed by atoms with van der Waals surface area (Å²) in [7, 11) is 0. The Morgan fingerprint density at radius 1 is 1.29 bits per heavy atom. The minimum absolute atomic E-state index is 0.00676. The van der Waals surface area contributed by atoms with E-state index in [0.29, 0.717) is 12.3 Å². The predicted octanol–water partition coefficient (Wildman–Crippen LogP) is 2.50. The number of imide groups is 1. The van der Waals surface area contributed by atoms with Crippen molar-refractivity contribution >= 4 is 11.8 Å². The number of amides is 2. The van der Waals surface area contributed by atoms with Gasteiger partial charge in [-0.15, -0.1) is 0 Å². The molecule has 1 aliphatic heterocycles. The molecule has 96 valence electrons. The van der Waals surface area contributed by atoms with Crippen LogP contribution in [0.25, 0.3) is 0 Å². The molecule has 2 amide bonds. The van der Waals surface area contributed by atoms with Crippen LogP contribution < -0.4 is 5.32 Å². The minimum atomic E-state index is -0.142. The van der Waals surface area contributed by atoms with E-state index < -0.39 is 0 Å². The van der Waals surface area contributed by atoms with E-state index in [1.54, 1.807) is 0 Å². The molecule has 0 bridgehead atoms. The van der Waals surface area contributed by atoms with Gasteiger partial charge in [0.05, 0.1) is 0 Å². The molecule has 2 aliphatic rings. The molecule has 1 aliphatic carbocycles. The predicted molar refractivity (Wildman–Crippen MR) is 66.2 cm³/mol. The van der Waals surface area contributed by atoms with Gasteiger partial charge in [-0.3, -0.25) is 14.9 Å². The fourth-order valence-corrected chi connectivity index (χ4v) is 3.25. The van der Waals surface area contributed by atoms with Crippen LogP contribution in [-0.4, -0.2) is 11.8 Å². The highest BCUT2D eigenvalue weighted by Gasteiger charge is 2.60. The maximum Gasteiger partial charge on any atom is 0.230 e. The molecule has 2 rings (SSSR count). The van der Waals surface area contributed by atoms with Gasteiger partial charge in [0, 0.05) is 12.3 Å². The molecule has 0 spiro atoms. The van der Waals surface area contributed by atoms with Crippen LogP contribution >= 0.6 is 0 Å². The van der Waals surface area contributed by atoms with Crippen LogP contribution in [0.15, 0.2) is 0 Å². The normalized spacial score (nSPS) is 35.9. The summed E-state index contributed by atoms with van der Waals surface area (Å²) < 4.78 is 0. The van der Waals surface area contributed by atoms with E-state index in [4.69, 9.17) is 0 Å². The lowest BCUT2D eigenvalue weighted by Crippen LogP contribution is -2.54. The summed E-state index contributed by atoms with van der Waals surface area (Å²) in [4.78, 5) is 23.8. The third-order valence-electron chi connectivity index (χ3n) is 4.96. The van der Waals surface area contributed by atoms with E-state index >= 15 is 0 Å². The maximum atomic E-state index is 12.1. The van der Waals surface area contributed by atoms with Gasteiger partial charge in [-0.25, -0.2) is 0 Å². The van der Waals surface area contributed by atoms with Gasteiger partial charge in [-0.2, -0.15) is 0 Å². The summed E-state index contributed by atoms with van der Waals surface area (Å²) in [5, 5.41) is 2.51. The maximum absolute atomic E-state index is 12.1. The Morgan fingerprint density at radius 2 is 1.88 bits per heavy atom. The fourth-order valence-electron chi connectivity index (χ4n) is 3.25. The Morgan fingerprint density at radius 3 is 2.35 bits per heavy atom. The van der Waals surface area contributed by atoms with Crippen molar-refractivity contribution < 1.29 is 9.59 Å². The van der Waals surface area contributed by atoms with Crippen LogP contribution in [0.5, 0.6) is 0 Å². The number of piperidine rings is 1. The molecule has 1 N–H and O–H groups in total. The Hall–Kier alpha value is -0.860. The van der Waals surface area contributed by atoms with Crippen molar-refractivity contribution in [3.8, 4) is 0 Å². The van der Waals surface area contributed by atoms with Gasteiger partial charge in [0.1, 0.15) is 0 Å². The Balaban J connectivity index is 2.30. The van der Waals surface area contributed by atoms with Gasteiger partial charge in [0.2, 0.25) is 11.8 Å². The standard InChI is InChI=1S/C14H23NO2/c1-9(2)7-10-12(17)15-11(16)8-14(10,4)13(3)5-6-13/h9-10H,5-8H2,1-4H3,(H,15,16,17). The van der Waals surface area contributed by atoms with Gasteiger partial charge in [0.25, 0.3) is 0 Å². The average Bonchev–Trinajstić information content (AvgIpc) is 2.91. The van der Waals surface area contributed by atoms with Gasteiger partial charge < -0.3 is 0 Å². The monoisotopic (exact) mass is 237 g/mol. The highest BCUT2D eigenvalue weighted by molar-refractivity contribution is 5.99. The highest BCUT2D eigenvalue weighted by atomic mass is 16.2. The van der Waals surface area contributed by atoms with Gasteiger partial charge in [0.15, 0.2) is 0 Å². The van der Waals surface area contributed by atoms with Crippen molar-refractivity contribution in [2.45, 2.75) is 53.4 Å². The molecular weight excluding hydrogens is 214 g/mol. The molecule has 0 aromatic rings. The SMILES string of the molecule is CC(C)CC1C(=O)NC(=O)CC1(C)C1(C)CC1. The summed E-state index contributed by atoms with van der Waals surface area (Å²) in [6.45, 7) is 8.65. The molecule has 1 saturated heterocycles. The summed E-state index contributed by atoms with van der Waals surface area (Å²) in [6.07, 6.45) is 3.69. The van der Waals surface area contributed by atoms with Crippen molar-refractivity contribution in [2.75, 3.05) is 0 Å². The number of nitrogens with one attached hydrogen (secondary N) is 1. The van der Waals surface area contributed by atoms with Crippen molar-refractivity contribution in [1.82, 2.24) is 5.32 Å². The summed E-state index contributed by atoms with van der Waals surface area (Å²) in [6, 6.07) is 0. The summed E-state index contributed by atoms with van der Waals surface area (Å²) >= 11 is 0. The summed E-state index contributed by atoms with van der Waals surface area (Å²) in [5.74, 6) is 0.338. The van der Waals surface area contributed by atoms with Crippen LogP contribution in [-0.2, 0) is 9.59 Å². The van der Waals surface area contributed by atoms with Gasteiger partial charge in [-0.05, 0) is 36.0 Å². The first-order chi connectivity index (χ1) is 7.78. The zero-order valence-electron chi connectivity index (χ0n) is 11.3. The molecule has 0 aromatic heterocycles. The molecule has 3 heteroatoms. The lowest BCUT2D eigenvalue weighted by atomic mass is 9.60. The second kappa shape index (κ2) is 3.82. The van der Waals surface area contributed by atoms with Crippen molar-refractivity contribution in [1.29, 1.82) is 0 Å². The first-order valence-electron chi connectivity index (χ1n) is 6.62. The first-order valence-corrected chi connectivity index (χ1v) is 6.62. The number of carbonyl (C=O) groups excluding carboxylic acids is 2. The number of hydrogen-bond acceptors (Lipinski definition) is 2. The highest BCUT2D eigenvalue weighted by Crippen LogP contribution is 2.64. The van der Waals surface area contributed by atoms with E-state index in [-0.39, 0.29) is 28.6 Å². The second-order valence-electron chi connectivity index (χ2n) is 6.75. The quantitative estimate of drug-likeness (QED) is 0.767. The molecule has 1 heterocycles. The molecule has 3 nitrogen and oxygen atoms in total. The average molecular weight is 237 g/mol. The van der Waals surface area contributed by atoms with E-state index in [1.165, 1.54) is 0 Å². The molecule has 0 aromatic carbocycles. The van der Waals surface area contributed by atoms with E-state index in [9.17, 15) is 9.59 Å². The molecule has 1 saturated carbocycles. The van der Waals surface area contributed by atoms with Crippen LogP contribution in [0.2, 0.25) is 0 Å². The Labute approximate surface area is 103 Å². The molecule has 2 atom stereocenters. The zero-order valence-corrected chi connectivity index (χ0v) is 11.3. The topological polar surface area (TPSA) is 46.2 Å². The van der Waals surface area contributed by atoms with E-state index in [0.717, 1.165) is 19.3 Å². The molecule has 17 heavy (non-hydrogen) atoms. The number of hydrogen-bond donors (Lipinski definition) is 1. The van der Waals surface area contributed by atoms with Crippen LogP contribution in [0.1, 0.15) is 53.4 Å². The fraction of sp³-hybridized carbons (Fsp3) is 0.857. The third-order valence-corrected chi connectivity index (χ3v) is 4.96. The van der Waals surface area contributed by atoms with Crippen molar-refractivity contribution in [3.05, 3.63) is 0 Å². The van der Waals surface area contributed by atoms with Gasteiger partial charge >= 0.3 is 0 Å². The smallest absolute Gasteiger partial charge is 0.230 e. The van der Waals surface area contributed by atoms with Gasteiger partial charge in [-0.1, -0.05) is 27.7 Å². The Kier molecular flexibility index (Phi) is 2.83. The van der Waals surface area contributed by atoms with Crippen LogP contribution in [0.4, 0.5) is 0 Å². The second-order valence-corrected chi connectivity index (χ2v) is 6.75. The molecule has 0 radical (unpaired) electrons. The third kappa shape index (κ3) is 2.00. The lowest BCUT2D eigenvalue weighted by molar-refractivity contribution is -0.147. The molecule has 2 unspecified atom stereocenters. The first kappa shape index (κ1) is 12.6. The largest absolute Gasteiger partial charge is 0.296 e. The summed E-state index contributed by atoms with van der Waals surface area (Å²) in [5.41, 5.74) is 0.0522. The van der Waals surface area contributed by atoms with E-state index in [2.05, 4.69) is 33.0 Å². The molecule has 2 fully saturated rings. The van der Waals surface area contributed by atoms with Crippen molar-refractivity contribution in [2.24, 2.45) is 22.7 Å². The Bertz CT molecular complexity index is 357. The number of rotatable bonds is 3. The number of carbonyl (C=O) groups is 2.